The van der Waals surface area contributed by atoms with Crippen molar-refractivity contribution in [2.45, 2.75) is 13.3 Å². The Morgan fingerprint density at radius 2 is 2.21 bits per heavy atom. The Labute approximate surface area is 116 Å². The summed E-state index contributed by atoms with van der Waals surface area (Å²) in [6.07, 6.45) is 0.929. The smallest absolute Gasteiger partial charge is 0.270 e. The lowest BCUT2D eigenvalue weighted by Crippen LogP contribution is -2.28. The third kappa shape index (κ3) is 2.00. The lowest BCUT2D eigenvalue weighted by molar-refractivity contribution is 0.0992. The van der Waals surface area contributed by atoms with E-state index in [9.17, 15) is 4.79 Å². The number of aryl methyl sites for hydroxylation is 1. The van der Waals surface area contributed by atoms with Crippen molar-refractivity contribution in [2.24, 2.45) is 0 Å². The van der Waals surface area contributed by atoms with Crippen LogP contribution in [0.15, 0.2) is 24.3 Å². The third-order valence-corrected chi connectivity index (χ3v) is 4.50. The van der Waals surface area contributed by atoms with Crippen molar-refractivity contribution in [3.8, 4) is 0 Å². The minimum atomic E-state index is 0.0569. The molecule has 1 aliphatic heterocycles. The second-order valence-electron chi connectivity index (χ2n) is 4.52. The normalized spacial score (nSPS) is 13.5. The van der Waals surface area contributed by atoms with Crippen molar-refractivity contribution in [3.63, 3.8) is 0 Å². The van der Waals surface area contributed by atoms with E-state index in [1.165, 1.54) is 16.9 Å². The van der Waals surface area contributed by atoms with Gasteiger partial charge in [0.15, 0.2) is 5.13 Å². The first-order valence-electron chi connectivity index (χ1n) is 6.25. The summed E-state index contributed by atoms with van der Waals surface area (Å²) in [5.41, 5.74) is 3.07. The maximum absolute atomic E-state index is 12.6. The van der Waals surface area contributed by atoms with Gasteiger partial charge < -0.3 is 10.2 Å². The Morgan fingerprint density at radius 3 is 2.95 bits per heavy atom. The van der Waals surface area contributed by atoms with Crippen molar-refractivity contribution >= 4 is 28.1 Å². The molecule has 1 aromatic heterocycles. The van der Waals surface area contributed by atoms with Gasteiger partial charge in [-0.1, -0.05) is 29.5 Å². The van der Waals surface area contributed by atoms with E-state index in [2.05, 4.69) is 16.4 Å². The van der Waals surface area contributed by atoms with Crippen molar-refractivity contribution in [1.82, 2.24) is 4.98 Å². The molecule has 1 aromatic carbocycles. The van der Waals surface area contributed by atoms with Crippen LogP contribution in [0.5, 0.6) is 0 Å². The predicted molar refractivity (Wildman–Crippen MR) is 78.2 cm³/mol. The highest BCUT2D eigenvalue weighted by Gasteiger charge is 2.27. The number of nitrogens with zero attached hydrogens (tertiary/aromatic N) is 2. The first kappa shape index (κ1) is 12.2. The van der Waals surface area contributed by atoms with Crippen LogP contribution in [0.3, 0.4) is 0 Å². The van der Waals surface area contributed by atoms with Crippen LogP contribution < -0.4 is 10.2 Å². The van der Waals surface area contributed by atoms with Crippen LogP contribution >= 0.6 is 11.3 Å². The van der Waals surface area contributed by atoms with Gasteiger partial charge in [0.05, 0.1) is 5.69 Å². The second kappa shape index (κ2) is 4.66. The number of anilines is 2. The fraction of sp³-hybridized carbons (Fsp3) is 0.286. The zero-order valence-corrected chi connectivity index (χ0v) is 11.8. The maximum Gasteiger partial charge on any atom is 0.270 e. The van der Waals surface area contributed by atoms with Gasteiger partial charge in [-0.25, -0.2) is 4.98 Å². The summed E-state index contributed by atoms with van der Waals surface area (Å²) in [5.74, 6) is 0.0569. The van der Waals surface area contributed by atoms with Gasteiger partial charge in [0.25, 0.3) is 5.91 Å². The molecule has 0 aliphatic carbocycles. The van der Waals surface area contributed by atoms with E-state index in [0.717, 1.165) is 34.4 Å². The quantitative estimate of drug-likeness (QED) is 0.915. The number of carbonyl (C=O) groups is 1. The predicted octanol–water partition coefficient (Wildman–Crippen LogP) is 2.70. The molecule has 0 radical (unpaired) electrons. The van der Waals surface area contributed by atoms with E-state index in [1.807, 2.05) is 37.1 Å². The van der Waals surface area contributed by atoms with Gasteiger partial charge in [-0.3, -0.25) is 4.79 Å². The Kier molecular flexibility index (Phi) is 2.98. The fourth-order valence-electron chi connectivity index (χ4n) is 2.37. The summed E-state index contributed by atoms with van der Waals surface area (Å²) in [4.78, 5) is 19.5. The Balaban J connectivity index is 1.95. The number of benzene rings is 1. The number of hydrogen-bond donors (Lipinski definition) is 1. The van der Waals surface area contributed by atoms with Crippen LogP contribution in [-0.2, 0) is 6.42 Å². The molecular weight excluding hydrogens is 258 g/mol. The molecule has 0 unspecified atom stereocenters. The van der Waals surface area contributed by atoms with Crippen LogP contribution in [0.1, 0.15) is 20.9 Å². The van der Waals surface area contributed by atoms with E-state index in [-0.39, 0.29) is 5.91 Å². The summed E-state index contributed by atoms with van der Waals surface area (Å²) in [6.45, 7) is 2.64. The number of fused-ring (bicyclic) bond motifs is 1. The third-order valence-electron chi connectivity index (χ3n) is 3.34. The van der Waals surface area contributed by atoms with E-state index in [0.29, 0.717) is 0 Å². The number of aromatic nitrogens is 1. The molecule has 5 heteroatoms. The number of amides is 1. The summed E-state index contributed by atoms with van der Waals surface area (Å²) >= 11 is 1.42. The molecule has 1 amide bonds. The lowest BCUT2D eigenvalue weighted by Gasteiger charge is -2.16. The molecule has 2 heterocycles. The summed E-state index contributed by atoms with van der Waals surface area (Å²) in [5, 5.41) is 3.77. The van der Waals surface area contributed by atoms with Gasteiger partial charge >= 0.3 is 0 Å². The van der Waals surface area contributed by atoms with Crippen LogP contribution in [0.4, 0.5) is 10.8 Å². The molecule has 2 aromatic rings. The number of thiazole rings is 1. The van der Waals surface area contributed by atoms with Gasteiger partial charge in [-0.05, 0) is 25.0 Å². The van der Waals surface area contributed by atoms with Crippen molar-refractivity contribution < 1.29 is 4.79 Å². The molecule has 1 N–H and O–H groups in total. The number of carbonyl (C=O) groups excluding carboxylic acids is 1. The summed E-state index contributed by atoms with van der Waals surface area (Å²) in [6, 6.07) is 8.09. The van der Waals surface area contributed by atoms with Crippen LogP contribution in [0.2, 0.25) is 0 Å². The molecule has 0 fully saturated rings. The fourth-order valence-corrected chi connectivity index (χ4v) is 3.24. The highest BCUT2D eigenvalue weighted by molar-refractivity contribution is 7.17. The van der Waals surface area contributed by atoms with Gasteiger partial charge in [0.1, 0.15) is 4.88 Å². The van der Waals surface area contributed by atoms with Crippen molar-refractivity contribution in [2.75, 3.05) is 23.8 Å². The van der Waals surface area contributed by atoms with Gasteiger partial charge in [0.2, 0.25) is 0 Å². The molecule has 0 spiro atoms. The minimum Gasteiger partial charge on any atom is -0.365 e. The van der Waals surface area contributed by atoms with Crippen molar-refractivity contribution in [3.05, 3.63) is 40.4 Å². The molecule has 19 heavy (non-hydrogen) atoms. The van der Waals surface area contributed by atoms with Gasteiger partial charge in [-0.15, -0.1) is 0 Å². The van der Waals surface area contributed by atoms with E-state index in [4.69, 9.17) is 0 Å². The highest BCUT2D eigenvalue weighted by Crippen LogP contribution is 2.31. The average molecular weight is 273 g/mol. The Morgan fingerprint density at radius 1 is 1.42 bits per heavy atom. The molecule has 0 atom stereocenters. The topological polar surface area (TPSA) is 45.2 Å². The molecular formula is C14H15N3OS. The highest BCUT2D eigenvalue weighted by atomic mass is 32.1. The number of hydrogen-bond acceptors (Lipinski definition) is 4. The maximum atomic E-state index is 12.6. The molecule has 0 saturated heterocycles. The lowest BCUT2D eigenvalue weighted by atomic mass is 10.2. The molecule has 1 aliphatic rings. The number of rotatable bonds is 2. The van der Waals surface area contributed by atoms with Crippen molar-refractivity contribution in [1.29, 1.82) is 0 Å². The molecule has 0 bridgehead atoms. The first-order chi connectivity index (χ1) is 9.20. The average Bonchev–Trinajstić information content (AvgIpc) is 3.01. The number of nitrogens with one attached hydrogen (secondary N) is 1. The summed E-state index contributed by atoms with van der Waals surface area (Å²) in [7, 11) is 1.82. The second-order valence-corrected chi connectivity index (χ2v) is 5.52. The van der Waals surface area contributed by atoms with Crippen LogP contribution in [-0.4, -0.2) is 24.5 Å². The first-order valence-corrected chi connectivity index (χ1v) is 7.07. The molecule has 4 nitrogen and oxygen atoms in total. The van der Waals surface area contributed by atoms with Crippen LogP contribution in [0, 0.1) is 6.92 Å². The standard InChI is InChI=1S/C14H15N3OS/c1-9-12(19-14(15-2)16-9)13(18)17-8-7-10-5-3-4-6-11(10)17/h3-6H,7-8H2,1-2H3,(H,15,16). The van der Waals surface area contributed by atoms with Gasteiger partial charge in [0, 0.05) is 19.3 Å². The van der Waals surface area contributed by atoms with E-state index >= 15 is 0 Å². The van der Waals surface area contributed by atoms with E-state index in [1.54, 1.807) is 0 Å². The molecule has 3 rings (SSSR count). The summed E-state index contributed by atoms with van der Waals surface area (Å²) < 4.78 is 0. The van der Waals surface area contributed by atoms with E-state index < -0.39 is 0 Å². The van der Waals surface area contributed by atoms with Gasteiger partial charge in [-0.2, -0.15) is 0 Å². The largest absolute Gasteiger partial charge is 0.365 e. The zero-order valence-electron chi connectivity index (χ0n) is 10.9. The zero-order chi connectivity index (χ0) is 13.4. The molecule has 0 saturated carbocycles. The monoisotopic (exact) mass is 273 g/mol. The minimum absolute atomic E-state index is 0.0569. The SMILES string of the molecule is CNc1nc(C)c(C(=O)N2CCc3ccccc32)s1. The molecule has 98 valence electrons. The Hall–Kier alpha value is -1.88. The number of para-hydroxylation sites is 1. The van der Waals surface area contributed by atoms with Crippen LogP contribution in [0.25, 0.3) is 0 Å². The Bertz CT molecular complexity index is 635.